The summed E-state index contributed by atoms with van der Waals surface area (Å²) in [7, 11) is 1.21. The maximum atomic E-state index is 12.5. The van der Waals surface area contributed by atoms with Crippen LogP contribution in [0.3, 0.4) is 0 Å². The molecule has 0 bridgehead atoms. The Kier molecular flexibility index (Phi) is 4.10. The van der Waals surface area contributed by atoms with Crippen molar-refractivity contribution in [2.24, 2.45) is 0 Å². The second-order valence-corrected chi connectivity index (χ2v) is 3.33. The van der Waals surface area contributed by atoms with Gasteiger partial charge in [0, 0.05) is 6.20 Å². The Morgan fingerprint density at radius 3 is 2.76 bits per heavy atom. The zero-order valence-electron chi connectivity index (χ0n) is 9.33. The fourth-order valence-corrected chi connectivity index (χ4v) is 1.42. The molecule has 0 unspecified atom stereocenters. The third-order valence-corrected chi connectivity index (χ3v) is 2.32. The van der Waals surface area contributed by atoms with Crippen LogP contribution in [-0.2, 0) is 16.0 Å². The number of methoxy groups -OCH3 is 1. The molecule has 0 radical (unpaired) electrons. The second-order valence-electron chi connectivity index (χ2n) is 3.33. The van der Waals surface area contributed by atoms with Crippen LogP contribution in [0.1, 0.15) is 28.8 Å². The molecule has 0 saturated heterocycles. The van der Waals surface area contributed by atoms with Crippen molar-refractivity contribution in [1.29, 1.82) is 5.26 Å². The van der Waals surface area contributed by atoms with E-state index in [0.717, 1.165) is 6.20 Å². The Morgan fingerprint density at radius 2 is 2.29 bits per heavy atom. The second kappa shape index (κ2) is 5.34. The molecule has 1 rings (SSSR count). The van der Waals surface area contributed by atoms with Gasteiger partial charge in [-0.05, 0) is 18.1 Å². The molecule has 0 aliphatic rings. The van der Waals surface area contributed by atoms with Crippen LogP contribution >= 0.6 is 0 Å². The summed E-state index contributed by atoms with van der Waals surface area (Å²) in [4.78, 5) is 14.6. The summed E-state index contributed by atoms with van der Waals surface area (Å²) >= 11 is 0. The number of hydrogen-bond donors (Lipinski definition) is 0. The van der Waals surface area contributed by atoms with E-state index >= 15 is 0 Å². The first-order valence-corrected chi connectivity index (χ1v) is 4.74. The Hall–Kier alpha value is -2.03. The molecule has 6 heteroatoms. The number of hydrogen-bond acceptors (Lipinski definition) is 4. The molecular formula is C11H10F2N2O2. The summed E-state index contributed by atoms with van der Waals surface area (Å²) in [6, 6.07) is 1.81. The molecule has 1 heterocycles. The summed E-state index contributed by atoms with van der Waals surface area (Å²) in [6.07, 6.45) is -1.78. The van der Waals surface area contributed by atoms with Crippen molar-refractivity contribution in [2.45, 2.75) is 19.8 Å². The van der Waals surface area contributed by atoms with Gasteiger partial charge in [-0.2, -0.15) is 5.26 Å². The topological polar surface area (TPSA) is 63.0 Å². The molecule has 0 aliphatic carbocycles. The lowest BCUT2D eigenvalue weighted by Crippen LogP contribution is -2.09. The maximum absolute atomic E-state index is 12.5. The van der Waals surface area contributed by atoms with Gasteiger partial charge in [0.2, 0.25) is 0 Å². The van der Waals surface area contributed by atoms with Gasteiger partial charge in [0.1, 0.15) is 5.69 Å². The van der Waals surface area contributed by atoms with Gasteiger partial charge in [-0.1, -0.05) is 0 Å². The van der Waals surface area contributed by atoms with E-state index in [-0.39, 0.29) is 17.5 Å². The number of carbonyl (C=O) groups is 1. The van der Waals surface area contributed by atoms with Crippen LogP contribution in [0.15, 0.2) is 6.20 Å². The summed E-state index contributed by atoms with van der Waals surface area (Å²) in [5, 5.41) is 8.92. The molecule has 0 atom stereocenters. The highest BCUT2D eigenvalue weighted by Gasteiger charge is 2.19. The van der Waals surface area contributed by atoms with E-state index < -0.39 is 18.1 Å². The highest BCUT2D eigenvalue weighted by Crippen LogP contribution is 2.24. The average molecular weight is 240 g/mol. The van der Waals surface area contributed by atoms with Crippen molar-refractivity contribution in [3.63, 3.8) is 0 Å². The molecule has 1 aromatic heterocycles. The Morgan fingerprint density at radius 1 is 1.65 bits per heavy atom. The van der Waals surface area contributed by atoms with E-state index in [1.807, 2.05) is 6.07 Å². The molecule has 0 spiro atoms. The molecule has 17 heavy (non-hydrogen) atoms. The number of halogens is 2. The van der Waals surface area contributed by atoms with Gasteiger partial charge in [0.15, 0.2) is 0 Å². The lowest BCUT2D eigenvalue weighted by Gasteiger charge is -2.09. The van der Waals surface area contributed by atoms with Crippen LogP contribution in [0, 0.1) is 18.3 Å². The molecule has 4 nitrogen and oxygen atoms in total. The zero-order chi connectivity index (χ0) is 13.0. The van der Waals surface area contributed by atoms with Crippen molar-refractivity contribution in [1.82, 2.24) is 4.98 Å². The minimum absolute atomic E-state index is 0.0562. The lowest BCUT2D eigenvalue weighted by atomic mass is 10.0. The van der Waals surface area contributed by atoms with E-state index in [9.17, 15) is 13.6 Å². The monoisotopic (exact) mass is 240 g/mol. The van der Waals surface area contributed by atoms with E-state index in [1.165, 1.54) is 14.0 Å². The first kappa shape index (κ1) is 13.0. The Labute approximate surface area is 96.8 Å². The minimum atomic E-state index is -2.74. The van der Waals surface area contributed by atoms with Gasteiger partial charge >= 0.3 is 5.97 Å². The number of nitrogens with zero attached hydrogens (tertiary/aromatic N) is 2. The van der Waals surface area contributed by atoms with Gasteiger partial charge in [-0.25, -0.2) is 8.78 Å². The van der Waals surface area contributed by atoms with E-state index in [2.05, 4.69) is 9.72 Å². The van der Waals surface area contributed by atoms with Crippen LogP contribution in [-0.4, -0.2) is 18.1 Å². The Balaban J connectivity index is 3.22. The van der Waals surface area contributed by atoms with Crippen molar-refractivity contribution >= 4 is 5.97 Å². The molecule has 0 saturated carbocycles. The fraction of sp³-hybridized carbons (Fsp3) is 0.364. The lowest BCUT2D eigenvalue weighted by molar-refractivity contribution is -0.139. The number of pyridine rings is 1. The molecule has 0 fully saturated rings. The van der Waals surface area contributed by atoms with Gasteiger partial charge in [0.25, 0.3) is 6.43 Å². The van der Waals surface area contributed by atoms with Crippen LogP contribution in [0.25, 0.3) is 0 Å². The number of ether oxygens (including phenoxy) is 1. The van der Waals surface area contributed by atoms with Crippen molar-refractivity contribution < 1.29 is 18.3 Å². The number of nitriles is 1. The number of rotatable bonds is 3. The zero-order valence-corrected chi connectivity index (χ0v) is 9.33. The SMILES string of the molecule is COC(=O)Cc1cnc(C(F)F)c(C)c1C#N. The molecule has 0 N–H and O–H groups in total. The number of aromatic nitrogens is 1. The third kappa shape index (κ3) is 2.75. The standard InChI is InChI=1S/C11H10F2N2O2/c1-6-8(4-14)7(3-9(16)17-2)5-15-10(6)11(12)13/h5,11H,3H2,1-2H3. The van der Waals surface area contributed by atoms with E-state index in [4.69, 9.17) is 5.26 Å². The molecule has 0 aromatic carbocycles. The van der Waals surface area contributed by atoms with Crippen LogP contribution < -0.4 is 0 Å². The Bertz CT molecular complexity index is 481. The summed E-state index contributed by atoms with van der Waals surface area (Å²) in [6.45, 7) is 1.38. The highest BCUT2D eigenvalue weighted by molar-refractivity contribution is 5.73. The summed E-state index contributed by atoms with van der Waals surface area (Å²) in [5.41, 5.74) is 0.0148. The van der Waals surface area contributed by atoms with Gasteiger partial charge in [-0.15, -0.1) is 0 Å². The smallest absolute Gasteiger partial charge is 0.310 e. The van der Waals surface area contributed by atoms with Crippen molar-refractivity contribution in [2.75, 3.05) is 7.11 Å². The largest absolute Gasteiger partial charge is 0.469 e. The average Bonchev–Trinajstić information content (AvgIpc) is 2.28. The quantitative estimate of drug-likeness (QED) is 0.757. The molecule has 1 aromatic rings. The fourth-order valence-electron chi connectivity index (χ4n) is 1.42. The number of carbonyl (C=O) groups excluding carboxylic acids is 1. The van der Waals surface area contributed by atoms with Crippen molar-refractivity contribution in [3.05, 3.63) is 28.6 Å². The molecular weight excluding hydrogens is 230 g/mol. The first-order valence-electron chi connectivity index (χ1n) is 4.74. The number of esters is 1. The van der Waals surface area contributed by atoms with Gasteiger partial charge in [0.05, 0.1) is 25.2 Å². The van der Waals surface area contributed by atoms with E-state index in [1.54, 1.807) is 0 Å². The number of alkyl halides is 2. The first-order chi connectivity index (χ1) is 8.01. The maximum Gasteiger partial charge on any atom is 0.310 e. The van der Waals surface area contributed by atoms with Gasteiger partial charge in [-0.3, -0.25) is 9.78 Å². The summed E-state index contributed by atoms with van der Waals surface area (Å²) < 4.78 is 29.5. The predicted octanol–water partition coefficient (Wildman–Crippen LogP) is 1.91. The molecule has 90 valence electrons. The normalized spacial score (nSPS) is 10.1. The molecule has 0 aliphatic heterocycles. The van der Waals surface area contributed by atoms with Crippen molar-refractivity contribution in [3.8, 4) is 6.07 Å². The van der Waals surface area contributed by atoms with Crippen LogP contribution in [0.5, 0.6) is 0 Å². The summed E-state index contributed by atoms with van der Waals surface area (Å²) in [5.74, 6) is -0.549. The third-order valence-electron chi connectivity index (χ3n) is 2.32. The van der Waals surface area contributed by atoms with Gasteiger partial charge < -0.3 is 4.74 Å². The molecule has 0 amide bonds. The highest BCUT2D eigenvalue weighted by atomic mass is 19.3. The predicted molar refractivity (Wildman–Crippen MR) is 54.4 cm³/mol. The van der Waals surface area contributed by atoms with E-state index in [0.29, 0.717) is 5.56 Å². The van der Waals surface area contributed by atoms with Crippen LogP contribution in [0.2, 0.25) is 0 Å². The minimum Gasteiger partial charge on any atom is -0.469 e. The van der Waals surface area contributed by atoms with Crippen LogP contribution in [0.4, 0.5) is 8.78 Å².